The van der Waals surface area contributed by atoms with E-state index in [9.17, 15) is 14.4 Å². The number of amides is 2. The summed E-state index contributed by atoms with van der Waals surface area (Å²) in [6.45, 7) is 0. The van der Waals surface area contributed by atoms with E-state index in [4.69, 9.17) is 0 Å². The van der Waals surface area contributed by atoms with Crippen molar-refractivity contribution in [3.63, 3.8) is 0 Å². The lowest BCUT2D eigenvalue weighted by molar-refractivity contribution is -0.126. The Labute approximate surface area is 150 Å². The van der Waals surface area contributed by atoms with Gasteiger partial charge >= 0.3 is 0 Å². The summed E-state index contributed by atoms with van der Waals surface area (Å²) in [5.41, 5.74) is 2.43. The maximum Gasteiger partial charge on any atom is 0.233 e. The molecule has 0 aromatic heterocycles. The van der Waals surface area contributed by atoms with Gasteiger partial charge in [-0.2, -0.15) is 0 Å². The number of hydrogen-bond donors (Lipinski definition) is 1. The molecule has 2 amide bonds. The quantitative estimate of drug-likeness (QED) is 0.669. The van der Waals surface area contributed by atoms with Gasteiger partial charge in [-0.3, -0.25) is 19.7 Å². The third-order valence-corrected chi connectivity index (χ3v) is 5.58. The van der Waals surface area contributed by atoms with Gasteiger partial charge in [0.05, 0.1) is 17.9 Å². The van der Waals surface area contributed by atoms with E-state index in [1.165, 1.54) is 0 Å². The summed E-state index contributed by atoms with van der Waals surface area (Å²) in [4.78, 5) is 40.3. The molecule has 3 aliphatic rings. The van der Waals surface area contributed by atoms with Crippen LogP contribution in [0.4, 0.5) is 5.69 Å². The molecule has 1 N–H and O–H groups in total. The van der Waals surface area contributed by atoms with E-state index in [-0.39, 0.29) is 23.6 Å². The molecule has 5 heteroatoms. The van der Waals surface area contributed by atoms with Crippen LogP contribution in [-0.4, -0.2) is 29.7 Å². The lowest BCUT2D eigenvalue weighted by Crippen LogP contribution is -2.47. The summed E-state index contributed by atoms with van der Waals surface area (Å²) < 4.78 is 0. The lowest BCUT2D eigenvalue weighted by Gasteiger charge is -2.35. The molecular weight excluding hydrogens is 328 g/mol. The van der Waals surface area contributed by atoms with Gasteiger partial charge in [0.15, 0.2) is 5.78 Å². The molecule has 3 aliphatic heterocycles. The predicted molar refractivity (Wildman–Crippen MR) is 96.4 cm³/mol. The number of rotatable bonds is 2. The minimum absolute atomic E-state index is 0.127. The molecule has 3 heterocycles. The van der Waals surface area contributed by atoms with Crippen LogP contribution in [0.15, 0.2) is 60.7 Å². The van der Waals surface area contributed by atoms with Crippen molar-refractivity contribution in [3.05, 3.63) is 71.8 Å². The van der Waals surface area contributed by atoms with Crippen LogP contribution >= 0.6 is 0 Å². The molecule has 5 rings (SSSR count). The fourth-order valence-corrected chi connectivity index (χ4v) is 4.50. The van der Waals surface area contributed by atoms with Gasteiger partial charge in [0.1, 0.15) is 6.04 Å². The van der Waals surface area contributed by atoms with Crippen LogP contribution in [0.3, 0.4) is 0 Å². The standard InChI is InChI=1S/C21H16N2O3/c24-19(13-7-2-1-3-8-13)18-17-16(20(25)22-21(17)26)15-11-10-12-6-4-5-9-14(12)23(15)18/h1-11,15-18H,(H,22,25,26). The number of nitrogens with zero attached hydrogens (tertiary/aromatic N) is 1. The number of fused-ring (bicyclic) bond motifs is 5. The molecule has 2 fully saturated rings. The minimum Gasteiger partial charge on any atom is -0.352 e. The van der Waals surface area contributed by atoms with Crippen molar-refractivity contribution in [1.82, 2.24) is 5.32 Å². The first-order valence-electron chi connectivity index (χ1n) is 8.66. The van der Waals surface area contributed by atoms with Crippen molar-refractivity contribution in [1.29, 1.82) is 0 Å². The number of nitrogens with one attached hydrogen (secondary N) is 1. The predicted octanol–water partition coefficient (Wildman–Crippen LogP) is 2.04. The van der Waals surface area contributed by atoms with Crippen LogP contribution in [0, 0.1) is 11.8 Å². The molecule has 4 atom stereocenters. The van der Waals surface area contributed by atoms with Crippen molar-refractivity contribution in [3.8, 4) is 0 Å². The second kappa shape index (κ2) is 5.39. The smallest absolute Gasteiger partial charge is 0.233 e. The van der Waals surface area contributed by atoms with Gasteiger partial charge < -0.3 is 4.90 Å². The fraction of sp³-hybridized carbons (Fsp3) is 0.190. The molecule has 5 nitrogen and oxygen atoms in total. The van der Waals surface area contributed by atoms with Gasteiger partial charge in [-0.1, -0.05) is 60.7 Å². The van der Waals surface area contributed by atoms with Crippen LogP contribution in [0.1, 0.15) is 15.9 Å². The zero-order valence-electron chi connectivity index (χ0n) is 13.8. The Morgan fingerprint density at radius 1 is 0.885 bits per heavy atom. The topological polar surface area (TPSA) is 66.5 Å². The van der Waals surface area contributed by atoms with Crippen LogP contribution < -0.4 is 10.2 Å². The Bertz CT molecular complexity index is 966. The van der Waals surface area contributed by atoms with E-state index >= 15 is 0 Å². The Balaban J connectivity index is 1.68. The maximum absolute atomic E-state index is 13.3. The number of ketones is 1. The number of carbonyl (C=O) groups excluding carboxylic acids is 3. The van der Waals surface area contributed by atoms with E-state index in [0.717, 1.165) is 11.3 Å². The largest absolute Gasteiger partial charge is 0.352 e. The van der Waals surface area contributed by atoms with Gasteiger partial charge in [-0.15, -0.1) is 0 Å². The molecular formula is C21H16N2O3. The molecule has 0 spiro atoms. The minimum atomic E-state index is -0.690. The highest BCUT2D eigenvalue weighted by molar-refractivity contribution is 6.14. The second-order valence-electron chi connectivity index (χ2n) is 6.90. The molecule has 0 bridgehead atoms. The fourth-order valence-electron chi connectivity index (χ4n) is 4.50. The summed E-state index contributed by atoms with van der Waals surface area (Å²) in [7, 11) is 0. The van der Waals surface area contributed by atoms with Gasteiger partial charge in [0.25, 0.3) is 0 Å². The highest BCUT2D eigenvalue weighted by atomic mass is 16.2. The number of Topliss-reactive ketones (excluding diaryl/α,β-unsaturated/α-hetero) is 1. The van der Waals surface area contributed by atoms with Crippen molar-refractivity contribution >= 4 is 29.4 Å². The Morgan fingerprint density at radius 3 is 2.38 bits per heavy atom. The lowest BCUT2D eigenvalue weighted by atomic mass is 9.86. The highest BCUT2D eigenvalue weighted by Crippen LogP contribution is 2.46. The van der Waals surface area contributed by atoms with Crippen LogP contribution in [0.5, 0.6) is 0 Å². The molecule has 26 heavy (non-hydrogen) atoms. The molecule has 0 radical (unpaired) electrons. The van der Waals surface area contributed by atoms with Gasteiger partial charge in [0.2, 0.25) is 11.8 Å². The Kier molecular flexibility index (Phi) is 3.13. The Hall–Kier alpha value is -3.21. The van der Waals surface area contributed by atoms with Crippen molar-refractivity contribution in [2.24, 2.45) is 11.8 Å². The summed E-state index contributed by atoms with van der Waals surface area (Å²) >= 11 is 0. The third-order valence-electron chi connectivity index (χ3n) is 5.58. The zero-order valence-corrected chi connectivity index (χ0v) is 13.8. The highest BCUT2D eigenvalue weighted by Gasteiger charge is 2.61. The molecule has 0 aliphatic carbocycles. The Morgan fingerprint density at radius 2 is 1.58 bits per heavy atom. The first-order valence-corrected chi connectivity index (χ1v) is 8.66. The number of imide groups is 1. The molecule has 2 aromatic rings. The van der Waals surface area contributed by atoms with E-state index < -0.39 is 17.9 Å². The molecule has 0 saturated carbocycles. The van der Waals surface area contributed by atoms with Crippen molar-refractivity contribution in [2.75, 3.05) is 4.90 Å². The first kappa shape index (κ1) is 15.1. The van der Waals surface area contributed by atoms with E-state index in [1.807, 2.05) is 47.4 Å². The van der Waals surface area contributed by atoms with Crippen LogP contribution in [-0.2, 0) is 9.59 Å². The molecule has 2 aromatic carbocycles. The average Bonchev–Trinajstić information content (AvgIpc) is 3.17. The zero-order chi connectivity index (χ0) is 17.8. The number of hydrogen-bond acceptors (Lipinski definition) is 4. The maximum atomic E-state index is 13.3. The summed E-state index contributed by atoms with van der Waals surface area (Å²) in [6, 6.07) is 15.8. The SMILES string of the molecule is O=C1NC(=O)C2C1C1C=Cc3ccccc3N1C2C(=O)c1ccccc1. The van der Waals surface area contributed by atoms with Crippen molar-refractivity contribution in [2.45, 2.75) is 12.1 Å². The van der Waals surface area contributed by atoms with E-state index in [2.05, 4.69) is 5.32 Å². The number of para-hydroxylation sites is 1. The number of carbonyl (C=O) groups is 3. The summed E-state index contributed by atoms with van der Waals surface area (Å²) in [5, 5.41) is 2.42. The van der Waals surface area contributed by atoms with E-state index in [0.29, 0.717) is 5.56 Å². The van der Waals surface area contributed by atoms with Crippen LogP contribution in [0.25, 0.3) is 6.08 Å². The van der Waals surface area contributed by atoms with Gasteiger partial charge in [0, 0.05) is 11.3 Å². The second-order valence-corrected chi connectivity index (χ2v) is 6.90. The normalized spacial score (nSPS) is 28.4. The molecule has 2 saturated heterocycles. The van der Waals surface area contributed by atoms with Gasteiger partial charge in [-0.25, -0.2) is 0 Å². The first-order chi connectivity index (χ1) is 12.7. The summed E-state index contributed by atoms with van der Waals surface area (Å²) in [6.07, 6.45) is 3.91. The third kappa shape index (κ3) is 1.94. The molecule has 4 unspecified atom stereocenters. The molecule has 128 valence electrons. The van der Waals surface area contributed by atoms with Crippen molar-refractivity contribution < 1.29 is 14.4 Å². The van der Waals surface area contributed by atoms with Crippen LogP contribution in [0.2, 0.25) is 0 Å². The van der Waals surface area contributed by atoms with Gasteiger partial charge in [-0.05, 0) is 11.6 Å². The number of anilines is 1. The average molecular weight is 344 g/mol. The van der Waals surface area contributed by atoms with E-state index in [1.54, 1.807) is 24.3 Å². The number of benzene rings is 2. The summed E-state index contributed by atoms with van der Waals surface area (Å²) in [5.74, 6) is -1.98. The monoisotopic (exact) mass is 344 g/mol.